The van der Waals surface area contributed by atoms with Crippen molar-refractivity contribution < 1.29 is 0 Å². The van der Waals surface area contributed by atoms with E-state index in [0.29, 0.717) is 16.5 Å². The molecule has 3 N–H and O–H groups in total. The summed E-state index contributed by atoms with van der Waals surface area (Å²) in [4.78, 5) is 4.18. The molecule has 0 saturated carbocycles. The molecule has 0 fully saturated rings. The molecule has 0 aliphatic rings. The first-order valence-electron chi connectivity index (χ1n) is 5.91. The number of pyridine rings is 1. The lowest BCUT2D eigenvalue weighted by Gasteiger charge is -2.17. The molecular weight excluding hydrogens is 281 g/mol. The minimum absolute atomic E-state index is 0.0360. The largest absolute Gasteiger partial charge is 0.271 e. The standard InChI is InChI=1S/C14H15Cl2N3/c1-9-4-11(8-18-7-9)14(19-17)5-10-2-3-12(15)6-13(10)16/h2-4,6-8,14,19H,5,17H2,1H3. The summed E-state index contributed by atoms with van der Waals surface area (Å²) in [5, 5.41) is 1.27. The third kappa shape index (κ3) is 3.67. The minimum atomic E-state index is -0.0360. The molecule has 0 amide bonds. The Bertz CT molecular complexity index is 572. The van der Waals surface area contributed by atoms with Crippen LogP contribution in [0.4, 0.5) is 0 Å². The van der Waals surface area contributed by atoms with Gasteiger partial charge >= 0.3 is 0 Å². The van der Waals surface area contributed by atoms with Gasteiger partial charge in [0.1, 0.15) is 0 Å². The van der Waals surface area contributed by atoms with Crippen LogP contribution in [-0.4, -0.2) is 4.98 Å². The van der Waals surface area contributed by atoms with Crippen LogP contribution in [-0.2, 0) is 6.42 Å². The summed E-state index contributed by atoms with van der Waals surface area (Å²) >= 11 is 12.1. The Balaban J connectivity index is 2.24. The Morgan fingerprint density at radius 1 is 1.26 bits per heavy atom. The quantitative estimate of drug-likeness (QED) is 0.671. The highest BCUT2D eigenvalue weighted by atomic mass is 35.5. The first-order valence-corrected chi connectivity index (χ1v) is 6.67. The fraction of sp³-hybridized carbons (Fsp3) is 0.214. The van der Waals surface area contributed by atoms with Crippen LogP contribution in [0.2, 0.25) is 10.0 Å². The van der Waals surface area contributed by atoms with Crippen LogP contribution >= 0.6 is 23.2 Å². The van der Waals surface area contributed by atoms with Gasteiger partial charge in [-0.25, -0.2) is 0 Å². The second-order valence-electron chi connectivity index (χ2n) is 4.45. The highest BCUT2D eigenvalue weighted by Crippen LogP contribution is 2.25. The van der Waals surface area contributed by atoms with Crippen LogP contribution in [0.1, 0.15) is 22.7 Å². The number of hydrogen-bond acceptors (Lipinski definition) is 3. The van der Waals surface area contributed by atoms with Crippen molar-refractivity contribution in [1.29, 1.82) is 0 Å². The maximum Gasteiger partial charge on any atom is 0.0516 e. The monoisotopic (exact) mass is 295 g/mol. The number of hydrogen-bond donors (Lipinski definition) is 2. The second-order valence-corrected chi connectivity index (χ2v) is 5.30. The van der Waals surface area contributed by atoms with E-state index in [2.05, 4.69) is 16.5 Å². The van der Waals surface area contributed by atoms with E-state index in [-0.39, 0.29) is 6.04 Å². The van der Waals surface area contributed by atoms with Crippen LogP contribution in [0.5, 0.6) is 0 Å². The number of nitrogens with one attached hydrogen (secondary N) is 1. The minimum Gasteiger partial charge on any atom is -0.271 e. The zero-order valence-electron chi connectivity index (χ0n) is 10.5. The molecule has 0 aliphatic carbocycles. The van der Waals surface area contributed by atoms with E-state index in [4.69, 9.17) is 29.0 Å². The molecule has 5 heteroatoms. The molecule has 19 heavy (non-hydrogen) atoms. The van der Waals surface area contributed by atoms with Gasteiger partial charge < -0.3 is 0 Å². The molecule has 0 saturated heterocycles. The van der Waals surface area contributed by atoms with Crippen LogP contribution < -0.4 is 11.3 Å². The molecule has 0 radical (unpaired) electrons. The molecule has 1 atom stereocenters. The lowest BCUT2D eigenvalue weighted by molar-refractivity contribution is 0.550. The van der Waals surface area contributed by atoms with E-state index in [1.807, 2.05) is 25.3 Å². The van der Waals surface area contributed by atoms with E-state index in [1.54, 1.807) is 12.3 Å². The van der Waals surface area contributed by atoms with E-state index < -0.39 is 0 Å². The molecule has 1 aromatic carbocycles. The van der Waals surface area contributed by atoms with Gasteiger partial charge in [0.05, 0.1) is 6.04 Å². The van der Waals surface area contributed by atoms with Crippen molar-refractivity contribution >= 4 is 23.2 Å². The van der Waals surface area contributed by atoms with E-state index in [0.717, 1.165) is 16.7 Å². The molecular formula is C14H15Cl2N3. The highest BCUT2D eigenvalue weighted by molar-refractivity contribution is 6.35. The normalized spacial score (nSPS) is 12.4. The number of nitrogens with two attached hydrogens (primary N) is 1. The van der Waals surface area contributed by atoms with E-state index in [1.165, 1.54) is 0 Å². The Morgan fingerprint density at radius 3 is 2.68 bits per heavy atom. The summed E-state index contributed by atoms with van der Waals surface area (Å²) in [6.45, 7) is 2.00. The lowest BCUT2D eigenvalue weighted by Crippen LogP contribution is -2.29. The van der Waals surface area contributed by atoms with Gasteiger partial charge in [-0.05, 0) is 42.2 Å². The molecule has 2 rings (SSSR count). The van der Waals surface area contributed by atoms with Gasteiger partial charge in [0.25, 0.3) is 0 Å². The number of nitrogens with zero attached hydrogens (tertiary/aromatic N) is 1. The number of hydrazine groups is 1. The summed E-state index contributed by atoms with van der Waals surface area (Å²) in [5.74, 6) is 5.64. The molecule has 0 aliphatic heterocycles. The fourth-order valence-corrected chi connectivity index (χ4v) is 2.43. The summed E-state index contributed by atoms with van der Waals surface area (Å²) in [6, 6.07) is 7.50. The fourth-order valence-electron chi connectivity index (χ4n) is 1.95. The van der Waals surface area contributed by atoms with Crippen LogP contribution in [0.25, 0.3) is 0 Å². The molecule has 3 nitrogen and oxygen atoms in total. The SMILES string of the molecule is Cc1cncc(C(Cc2ccc(Cl)cc2Cl)NN)c1. The summed E-state index contributed by atoms with van der Waals surface area (Å²) in [7, 11) is 0. The van der Waals surface area contributed by atoms with Gasteiger partial charge in [-0.1, -0.05) is 35.3 Å². The lowest BCUT2D eigenvalue weighted by atomic mass is 10.00. The average Bonchev–Trinajstić information content (AvgIpc) is 2.38. The summed E-state index contributed by atoms with van der Waals surface area (Å²) in [6.07, 6.45) is 4.30. The number of aromatic nitrogens is 1. The molecule has 1 aromatic heterocycles. The van der Waals surface area contributed by atoms with Gasteiger partial charge in [0, 0.05) is 22.4 Å². The maximum atomic E-state index is 6.18. The Kier molecular flexibility index (Phi) is 4.77. The van der Waals surface area contributed by atoms with Crippen molar-refractivity contribution in [1.82, 2.24) is 10.4 Å². The van der Waals surface area contributed by atoms with Gasteiger partial charge in [-0.2, -0.15) is 0 Å². The van der Waals surface area contributed by atoms with Crippen molar-refractivity contribution in [3.63, 3.8) is 0 Å². The first kappa shape index (κ1) is 14.3. The number of halogens is 2. The Hall–Kier alpha value is -1.13. The van der Waals surface area contributed by atoms with Crippen molar-refractivity contribution in [2.24, 2.45) is 5.84 Å². The molecule has 2 aromatic rings. The van der Waals surface area contributed by atoms with E-state index in [9.17, 15) is 0 Å². The third-order valence-electron chi connectivity index (χ3n) is 2.94. The van der Waals surface area contributed by atoms with Crippen molar-refractivity contribution in [3.05, 3.63) is 63.4 Å². The van der Waals surface area contributed by atoms with Crippen molar-refractivity contribution in [3.8, 4) is 0 Å². The van der Waals surface area contributed by atoms with Gasteiger partial charge in [0.15, 0.2) is 0 Å². The summed E-state index contributed by atoms with van der Waals surface area (Å²) in [5.41, 5.74) is 5.93. The van der Waals surface area contributed by atoms with Gasteiger partial charge in [0.2, 0.25) is 0 Å². The number of rotatable bonds is 4. The third-order valence-corrected chi connectivity index (χ3v) is 3.53. The molecule has 100 valence electrons. The second kappa shape index (κ2) is 6.35. The number of aryl methyl sites for hydroxylation is 1. The molecule has 1 unspecified atom stereocenters. The smallest absolute Gasteiger partial charge is 0.0516 e. The zero-order valence-corrected chi connectivity index (χ0v) is 12.0. The van der Waals surface area contributed by atoms with Gasteiger partial charge in [-0.3, -0.25) is 16.3 Å². The molecule has 1 heterocycles. The predicted molar refractivity (Wildman–Crippen MR) is 79.2 cm³/mol. The number of benzene rings is 1. The molecule has 0 spiro atoms. The highest BCUT2D eigenvalue weighted by Gasteiger charge is 2.13. The van der Waals surface area contributed by atoms with Crippen molar-refractivity contribution in [2.45, 2.75) is 19.4 Å². The topological polar surface area (TPSA) is 50.9 Å². The first-order chi connectivity index (χ1) is 9.10. The Morgan fingerprint density at radius 2 is 2.05 bits per heavy atom. The maximum absolute atomic E-state index is 6.18. The van der Waals surface area contributed by atoms with Crippen LogP contribution in [0, 0.1) is 6.92 Å². The molecule has 0 bridgehead atoms. The van der Waals surface area contributed by atoms with E-state index >= 15 is 0 Å². The predicted octanol–water partition coefficient (Wildman–Crippen LogP) is 3.44. The average molecular weight is 296 g/mol. The van der Waals surface area contributed by atoms with Crippen LogP contribution in [0.15, 0.2) is 36.7 Å². The summed E-state index contributed by atoms with van der Waals surface area (Å²) < 4.78 is 0. The van der Waals surface area contributed by atoms with Crippen LogP contribution in [0.3, 0.4) is 0 Å². The van der Waals surface area contributed by atoms with Gasteiger partial charge in [-0.15, -0.1) is 0 Å². The Labute approximate surface area is 122 Å². The van der Waals surface area contributed by atoms with Crippen molar-refractivity contribution in [2.75, 3.05) is 0 Å². The zero-order chi connectivity index (χ0) is 13.8.